The molecule has 0 aromatic heterocycles. The zero-order chi connectivity index (χ0) is 14.2. The number of benzene rings is 2. The van der Waals surface area contributed by atoms with Crippen molar-refractivity contribution in [2.24, 2.45) is 10.9 Å². The maximum Gasteiger partial charge on any atom is 0.0782 e. The van der Waals surface area contributed by atoms with E-state index in [4.69, 9.17) is 4.99 Å². The van der Waals surface area contributed by atoms with Crippen molar-refractivity contribution in [2.45, 2.75) is 25.7 Å². The molecule has 0 bridgehead atoms. The Hall–Kier alpha value is -2.15. The minimum atomic E-state index is 0.611. The molecule has 2 aliphatic carbocycles. The van der Waals surface area contributed by atoms with Crippen molar-refractivity contribution in [3.8, 4) is 0 Å². The first-order valence-electron chi connectivity index (χ1n) is 7.77. The summed E-state index contributed by atoms with van der Waals surface area (Å²) in [5.41, 5.74) is 7.53. The maximum absolute atomic E-state index is 4.96. The van der Waals surface area contributed by atoms with Crippen LogP contribution in [0.1, 0.15) is 35.1 Å². The van der Waals surface area contributed by atoms with Crippen LogP contribution >= 0.6 is 0 Å². The first-order valence-corrected chi connectivity index (χ1v) is 7.77. The molecule has 0 amide bonds. The van der Waals surface area contributed by atoms with Gasteiger partial charge in [0.15, 0.2) is 0 Å². The van der Waals surface area contributed by atoms with Crippen LogP contribution in [0.15, 0.2) is 65.8 Å². The second kappa shape index (κ2) is 5.00. The number of aliphatic imine (C=N–C) groups is 1. The Balaban J connectivity index is 1.91. The smallest absolute Gasteiger partial charge is 0.0782 e. The van der Waals surface area contributed by atoms with Gasteiger partial charge in [-0.25, -0.2) is 0 Å². The van der Waals surface area contributed by atoms with E-state index in [0.717, 1.165) is 24.3 Å². The molecule has 0 unspecified atom stereocenters. The number of hydrogen-bond donors (Lipinski definition) is 0. The van der Waals surface area contributed by atoms with Crippen LogP contribution in [0, 0.1) is 5.92 Å². The number of hydrogen-bond acceptors (Lipinski definition) is 1. The summed E-state index contributed by atoms with van der Waals surface area (Å²) in [7, 11) is 0. The molecule has 104 valence electrons. The molecule has 4 rings (SSSR count). The lowest BCUT2D eigenvalue weighted by molar-refractivity contribution is 0.965. The highest BCUT2D eigenvalue weighted by Crippen LogP contribution is 2.37. The van der Waals surface area contributed by atoms with E-state index in [1.54, 1.807) is 0 Å². The summed E-state index contributed by atoms with van der Waals surface area (Å²) < 4.78 is 0. The van der Waals surface area contributed by atoms with E-state index in [-0.39, 0.29) is 0 Å². The third kappa shape index (κ3) is 2.33. The Morgan fingerprint density at radius 1 is 0.857 bits per heavy atom. The monoisotopic (exact) mass is 273 g/mol. The minimum Gasteiger partial charge on any atom is -0.253 e. The molecule has 0 aliphatic heterocycles. The summed E-state index contributed by atoms with van der Waals surface area (Å²) in [4.78, 5) is 4.96. The van der Waals surface area contributed by atoms with Gasteiger partial charge in [0.1, 0.15) is 0 Å². The lowest BCUT2D eigenvalue weighted by Gasteiger charge is -2.11. The van der Waals surface area contributed by atoms with Crippen molar-refractivity contribution in [1.82, 2.24) is 0 Å². The Bertz CT molecular complexity index is 686. The van der Waals surface area contributed by atoms with Crippen molar-refractivity contribution in [3.63, 3.8) is 0 Å². The molecule has 2 aliphatic rings. The minimum absolute atomic E-state index is 0.611. The average Bonchev–Trinajstić information content (AvgIpc) is 3.36. The standard InChI is InChI=1S/C20H19N/c1-14(15-10-11-15)21-20-18-8-4-2-6-16(18)12-13-17-7-3-5-9-19(17)20/h2-9,15H,1,10-13H2. The fraction of sp³-hybridized carbons (Fsp3) is 0.250. The molecule has 1 saturated carbocycles. The third-order valence-corrected chi connectivity index (χ3v) is 4.51. The van der Waals surface area contributed by atoms with E-state index in [2.05, 4.69) is 55.1 Å². The van der Waals surface area contributed by atoms with Crippen LogP contribution in [-0.2, 0) is 12.8 Å². The summed E-state index contributed by atoms with van der Waals surface area (Å²) in [6.07, 6.45) is 4.67. The van der Waals surface area contributed by atoms with Crippen molar-refractivity contribution in [1.29, 1.82) is 0 Å². The topological polar surface area (TPSA) is 12.4 Å². The van der Waals surface area contributed by atoms with E-state index in [0.29, 0.717) is 5.92 Å². The Morgan fingerprint density at radius 2 is 1.38 bits per heavy atom. The van der Waals surface area contributed by atoms with Crippen molar-refractivity contribution in [2.75, 3.05) is 0 Å². The molecule has 0 spiro atoms. The van der Waals surface area contributed by atoms with E-state index in [9.17, 15) is 0 Å². The lowest BCUT2D eigenvalue weighted by Crippen LogP contribution is -2.06. The molecule has 1 nitrogen and oxygen atoms in total. The van der Waals surface area contributed by atoms with E-state index in [1.165, 1.54) is 35.1 Å². The molecule has 0 N–H and O–H groups in total. The van der Waals surface area contributed by atoms with Crippen LogP contribution < -0.4 is 0 Å². The SMILES string of the molecule is C=C(N=C1c2ccccc2CCc2ccccc21)C1CC1. The van der Waals surface area contributed by atoms with E-state index in [1.807, 2.05) is 0 Å². The third-order valence-electron chi connectivity index (χ3n) is 4.51. The van der Waals surface area contributed by atoms with Crippen LogP contribution in [0.4, 0.5) is 0 Å². The van der Waals surface area contributed by atoms with E-state index >= 15 is 0 Å². The predicted octanol–water partition coefficient (Wildman–Crippen LogP) is 4.55. The van der Waals surface area contributed by atoms with Gasteiger partial charge in [0.25, 0.3) is 0 Å². The van der Waals surface area contributed by atoms with Gasteiger partial charge in [-0.05, 0) is 36.8 Å². The largest absolute Gasteiger partial charge is 0.253 e. The molecule has 1 fully saturated rings. The van der Waals surface area contributed by atoms with Crippen molar-refractivity contribution < 1.29 is 0 Å². The summed E-state index contributed by atoms with van der Waals surface area (Å²) in [5, 5.41) is 0. The van der Waals surface area contributed by atoms with Gasteiger partial charge in [0.05, 0.1) is 5.71 Å². The van der Waals surface area contributed by atoms with Crippen LogP contribution in [0.2, 0.25) is 0 Å². The van der Waals surface area contributed by atoms with Crippen LogP contribution in [-0.4, -0.2) is 5.71 Å². The quantitative estimate of drug-likeness (QED) is 0.761. The summed E-state index contributed by atoms with van der Waals surface area (Å²) >= 11 is 0. The van der Waals surface area contributed by atoms with Crippen molar-refractivity contribution >= 4 is 5.71 Å². The molecule has 2 aromatic rings. The van der Waals surface area contributed by atoms with Crippen LogP contribution in [0.25, 0.3) is 0 Å². The van der Waals surface area contributed by atoms with Gasteiger partial charge in [-0.3, -0.25) is 4.99 Å². The normalized spacial score (nSPS) is 16.7. The molecule has 0 radical (unpaired) electrons. The zero-order valence-corrected chi connectivity index (χ0v) is 12.2. The molecule has 2 aromatic carbocycles. The number of allylic oxidation sites excluding steroid dienone is 1. The average molecular weight is 273 g/mol. The maximum atomic E-state index is 4.96. The number of aryl methyl sites for hydroxylation is 2. The van der Waals surface area contributed by atoms with Crippen LogP contribution in [0.3, 0.4) is 0 Å². The van der Waals surface area contributed by atoms with Gasteiger partial charge in [-0.1, -0.05) is 55.1 Å². The van der Waals surface area contributed by atoms with E-state index < -0.39 is 0 Å². The van der Waals surface area contributed by atoms with Gasteiger partial charge in [0.2, 0.25) is 0 Å². The molecule has 1 heteroatoms. The molecular formula is C20H19N. The zero-order valence-electron chi connectivity index (χ0n) is 12.2. The highest BCUT2D eigenvalue weighted by Gasteiger charge is 2.26. The number of rotatable bonds is 2. The fourth-order valence-corrected chi connectivity index (χ4v) is 3.12. The van der Waals surface area contributed by atoms with Gasteiger partial charge < -0.3 is 0 Å². The number of nitrogens with zero attached hydrogens (tertiary/aromatic N) is 1. The number of fused-ring (bicyclic) bond motifs is 2. The predicted molar refractivity (Wildman–Crippen MR) is 87.8 cm³/mol. The highest BCUT2D eigenvalue weighted by atomic mass is 14.8. The Morgan fingerprint density at radius 3 is 1.90 bits per heavy atom. The van der Waals surface area contributed by atoms with Gasteiger partial charge in [0, 0.05) is 22.7 Å². The lowest BCUT2D eigenvalue weighted by atomic mass is 9.98. The summed E-state index contributed by atoms with van der Waals surface area (Å²) in [6.45, 7) is 4.20. The molecule has 0 atom stereocenters. The highest BCUT2D eigenvalue weighted by molar-refractivity contribution is 6.15. The summed E-state index contributed by atoms with van der Waals surface area (Å²) in [5.74, 6) is 0.611. The Labute approximate surface area is 126 Å². The van der Waals surface area contributed by atoms with Gasteiger partial charge in [-0.15, -0.1) is 0 Å². The second-order valence-corrected chi connectivity index (χ2v) is 6.04. The molecular weight excluding hydrogens is 254 g/mol. The first kappa shape index (κ1) is 12.6. The van der Waals surface area contributed by atoms with Crippen molar-refractivity contribution in [3.05, 3.63) is 83.1 Å². The van der Waals surface area contributed by atoms with Gasteiger partial charge in [-0.2, -0.15) is 0 Å². The Kier molecular flexibility index (Phi) is 2.99. The second-order valence-electron chi connectivity index (χ2n) is 6.04. The molecule has 0 saturated heterocycles. The molecule has 0 heterocycles. The summed E-state index contributed by atoms with van der Waals surface area (Å²) in [6, 6.07) is 17.4. The van der Waals surface area contributed by atoms with Gasteiger partial charge >= 0.3 is 0 Å². The first-order chi connectivity index (χ1) is 10.3. The molecule has 21 heavy (non-hydrogen) atoms. The van der Waals surface area contributed by atoms with Crippen LogP contribution in [0.5, 0.6) is 0 Å². The fourth-order valence-electron chi connectivity index (χ4n) is 3.12.